The van der Waals surface area contributed by atoms with Gasteiger partial charge in [0.25, 0.3) is 5.91 Å². The van der Waals surface area contributed by atoms with Gasteiger partial charge in [-0.15, -0.1) is 10.2 Å². The predicted molar refractivity (Wildman–Crippen MR) is 105 cm³/mol. The fourth-order valence-corrected chi connectivity index (χ4v) is 4.36. The van der Waals surface area contributed by atoms with Crippen molar-refractivity contribution >= 4 is 5.91 Å². The molecule has 0 bridgehead atoms. The number of piperidine rings is 1. The van der Waals surface area contributed by atoms with Gasteiger partial charge in [0.2, 0.25) is 0 Å². The number of rotatable bonds is 5. The van der Waals surface area contributed by atoms with Gasteiger partial charge in [-0.25, -0.2) is 0 Å². The van der Waals surface area contributed by atoms with E-state index in [-0.39, 0.29) is 23.3 Å². The van der Waals surface area contributed by atoms with Crippen LogP contribution >= 0.6 is 0 Å². The summed E-state index contributed by atoms with van der Waals surface area (Å²) in [6, 6.07) is 4.29. The molecule has 30 heavy (non-hydrogen) atoms. The molecule has 0 N–H and O–H groups in total. The lowest BCUT2D eigenvalue weighted by atomic mass is 9.96. The van der Waals surface area contributed by atoms with Gasteiger partial charge in [0.05, 0.1) is 7.11 Å². The standard InChI is InChI=1S/C21H26F2N4O3/c1-29-17-12-14(8-9-16(17)30-21(22)23)20(28)26-10-5-6-15(13-26)19-25-24-18-7-3-2-4-11-27(18)19/h8-9,12,15,21H,2-7,10-11,13H2,1H3/t15-/m0/s1. The van der Waals surface area contributed by atoms with Gasteiger partial charge in [0.1, 0.15) is 11.6 Å². The molecular weight excluding hydrogens is 394 g/mol. The second-order valence-electron chi connectivity index (χ2n) is 7.77. The quantitative estimate of drug-likeness (QED) is 0.739. The molecule has 1 atom stereocenters. The maximum absolute atomic E-state index is 13.1. The summed E-state index contributed by atoms with van der Waals surface area (Å²) in [7, 11) is 1.36. The summed E-state index contributed by atoms with van der Waals surface area (Å²) in [4.78, 5) is 14.9. The minimum absolute atomic E-state index is 0.0910. The smallest absolute Gasteiger partial charge is 0.387 e. The Balaban J connectivity index is 1.51. The normalized spacial score (nSPS) is 19.3. The molecule has 0 radical (unpaired) electrons. The highest BCUT2D eigenvalue weighted by atomic mass is 19.3. The van der Waals surface area contributed by atoms with Gasteiger partial charge < -0.3 is 18.9 Å². The number of halogens is 2. The van der Waals surface area contributed by atoms with Crippen molar-refractivity contribution in [1.82, 2.24) is 19.7 Å². The van der Waals surface area contributed by atoms with E-state index in [2.05, 4.69) is 19.5 Å². The lowest BCUT2D eigenvalue weighted by molar-refractivity contribution is -0.0512. The van der Waals surface area contributed by atoms with Gasteiger partial charge in [-0.1, -0.05) is 6.42 Å². The molecule has 3 heterocycles. The minimum atomic E-state index is -2.96. The summed E-state index contributed by atoms with van der Waals surface area (Å²) in [6.07, 6.45) is 6.26. The average Bonchev–Trinajstić information content (AvgIpc) is 3.01. The summed E-state index contributed by atoms with van der Waals surface area (Å²) in [5.41, 5.74) is 0.384. The van der Waals surface area contributed by atoms with Crippen molar-refractivity contribution in [3.05, 3.63) is 35.4 Å². The Hall–Kier alpha value is -2.71. The van der Waals surface area contributed by atoms with E-state index < -0.39 is 6.61 Å². The number of carbonyl (C=O) groups excluding carboxylic acids is 1. The summed E-state index contributed by atoms with van der Waals surface area (Å²) in [5, 5.41) is 8.86. The van der Waals surface area contributed by atoms with Crippen molar-refractivity contribution in [2.45, 2.75) is 57.6 Å². The third kappa shape index (κ3) is 4.24. The second kappa shape index (κ2) is 8.97. The summed E-state index contributed by atoms with van der Waals surface area (Å²) in [6.45, 7) is -0.811. The van der Waals surface area contributed by atoms with E-state index in [1.54, 1.807) is 4.90 Å². The highest BCUT2D eigenvalue weighted by Gasteiger charge is 2.30. The third-order valence-electron chi connectivity index (χ3n) is 5.84. The molecule has 0 saturated carbocycles. The molecule has 0 aliphatic carbocycles. The predicted octanol–water partition coefficient (Wildman–Crippen LogP) is 3.63. The van der Waals surface area contributed by atoms with Crippen LogP contribution in [0, 0.1) is 0 Å². The molecular formula is C21H26F2N4O3. The Morgan fingerprint density at radius 2 is 2.00 bits per heavy atom. The zero-order valence-corrected chi connectivity index (χ0v) is 17.0. The molecule has 2 aromatic rings. The minimum Gasteiger partial charge on any atom is -0.493 e. The molecule has 4 rings (SSSR count). The van der Waals surface area contributed by atoms with Gasteiger partial charge in [-0.3, -0.25) is 4.79 Å². The van der Waals surface area contributed by atoms with Crippen LogP contribution in [-0.4, -0.2) is 52.4 Å². The van der Waals surface area contributed by atoms with Crippen LogP contribution in [0.15, 0.2) is 18.2 Å². The number of fused-ring (bicyclic) bond motifs is 1. The molecule has 0 spiro atoms. The first-order valence-corrected chi connectivity index (χ1v) is 10.4. The van der Waals surface area contributed by atoms with Crippen LogP contribution < -0.4 is 9.47 Å². The van der Waals surface area contributed by atoms with Crippen molar-refractivity contribution in [1.29, 1.82) is 0 Å². The zero-order valence-electron chi connectivity index (χ0n) is 17.0. The number of hydrogen-bond acceptors (Lipinski definition) is 5. The highest BCUT2D eigenvalue weighted by Crippen LogP contribution is 2.32. The van der Waals surface area contributed by atoms with E-state index in [9.17, 15) is 13.6 Å². The molecule has 7 nitrogen and oxygen atoms in total. The lowest BCUT2D eigenvalue weighted by Gasteiger charge is -2.32. The number of ether oxygens (including phenoxy) is 2. The van der Waals surface area contributed by atoms with Crippen LogP contribution in [0.2, 0.25) is 0 Å². The second-order valence-corrected chi connectivity index (χ2v) is 7.77. The molecule has 1 aromatic carbocycles. The van der Waals surface area contributed by atoms with Gasteiger partial charge >= 0.3 is 6.61 Å². The number of aryl methyl sites for hydroxylation is 1. The van der Waals surface area contributed by atoms with E-state index in [0.717, 1.165) is 50.3 Å². The van der Waals surface area contributed by atoms with Gasteiger partial charge in [-0.05, 0) is 43.9 Å². The number of benzene rings is 1. The van der Waals surface area contributed by atoms with Crippen molar-refractivity contribution in [3.63, 3.8) is 0 Å². The average molecular weight is 420 g/mol. The van der Waals surface area contributed by atoms with Crippen molar-refractivity contribution < 1.29 is 23.0 Å². The van der Waals surface area contributed by atoms with Crippen molar-refractivity contribution in [3.8, 4) is 11.5 Å². The van der Waals surface area contributed by atoms with E-state index in [1.807, 2.05) is 0 Å². The Morgan fingerprint density at radius 3 is 2.80 bits per heavy atom. The number of nitrogens with zero attached hydrogens (tertiary/aromatic N) is 4. The molecule has 0 unspecified atom stereocenters. The topological polar surface area (TPSA) is 69.5 Å². The fraction of sp³-hybridized carbons (Fsp3) is 0.571. The van der Waals surface area contributed by atoms with E-state index in [4.69, 9.17) is 4.74 Å². The van der Waals surface area contributed by atoms with E-state index in [1.165, 1.54) is 31.7 Å². The molecule has 162 valence electrons. The Labute approximate surface area is 174 Å². The summed E-state index contributed by atoms with van der Waals surface area (Å²) < 4.78 is 36.9. The van der Waals surface area contributed by atoms with E-state index >= 15 is 0 Å². The lowest BCUT2D eigenvalue weighted by Crippen LogP contribution is -2.39. The zero-order chi connectivity index (χ0) is 21.1. The van der Waals surface area contributed by atoms with Gasteiger partial charge in [-0.2, -0.15) is 8.78 Å². The Kier molecular flexibility index (Phi) is 6.15. The van der Waals surface area contributed by atoms with Crippen LogP contribution in [0.3, 0.4) is 0 Å². The maximum Gasteiger partial charge on any atom is 0.387 e. The maximum atomic E-state index is 13.1. The number of likely N-dealkylation sites (tertiary alicyclic amines) is 1. The van der Waals surface area contributed by atoms with Crippen LogP contribution in [-0.2, 0) is 13.0 Å². The highest BCUT2D eigenvalue weighted by molar-refractivity contribution is 5.95. The number of alkyl halides is 2. The molecule has 2 aliphatic rings. The summed E-state index contributed by atoms with van der Waals surface area (Å²) in [5.74, 6) is 2.03. The Bertz CT molecular complexity index is 902. The largest absolute Gasteiger partial charge is 0.493 e. The first-order valence-electron chi connectivity index (χ1n) is 10.4. The van der Waals surface area contributed by atoms with Crippen molar-refractivity contribution in [2.24, 2.45) is 0 Å². The molecule has 1 fully saturated rings. The molecule has 9 heteroatoms. The first kappa shape index (κ1) is 20.6. The van der Waals surface area contributed by atoms with Crippen LogP contribution in [0.1, 0.15) is 60.0 Å². The summed E-state index contributed by atoms with van der Waals surface area (Å²) >= 11 is 0. The first-order chi connectivity index (χ1) is 14.6. The number of aromatic nitrogens is 3. The number of hydrogen-bond donors (Lipinski definition) is 0. The number of carbonyl (C=O) groups is 1. The SMILES string of the molecule is COc1cc(C(=O)N2CCC[C@H](c3nnc4n3CCCCC4)C2)ccc1OC(F)F. The van der Waals surface area contributed by atoms with Crippen LogP contribution in [0.5, 0.6) is 11.5 Å². The van der Waals surface area contributed by atoms with E-state index in [0.29, 0.717) is 18.7 Å². The fourth-order valence-electron chi connectivity index (χ4n) is 4.36. The molecule has 1 amide bonds. The molecule has 1 aromatic heterocycles. The third-order valence-corrected chi connectivity index (χ3v) is 5.84. The monoisotopic (exact) mass is 420 g/mol. The Morgan fingerprint density at radius 1 is 1.13 bits per heavy atom. The molecule has 1 saturated heterocycles. The van der Waals surface area contributed by atoms with Gasteiger partial charge in [0.15, 0.2) is 11.5 Å². The number of amides is 1. The van der Waals surface area contributed by atoms with Crippen LogP contribution in [0.25, 0.3) is 0 Å². The van der Waals surface area contributed by atoms with Crippen LogP contribution in [0.4, 0.5) is 8.78 Å². The van der Waals surface area contributed by atoms with Crippen molar-refractivity contribution in [2.75, 3.05) is 20.2 Å². The number of methoxy groups -OCH3 is 1. The van der Waals surface area contributed by atoms with Gasteiger partial charge in [0, 0.05) is 37.5 Å². The molecule has 2 aliphatic heterocycles.